The molecule has 0 radical (unpaired) electrons. The number of fused-ring (bicyclic) bond motifs is 1. The Morgan fingerprint density at radius 3 is 1.48 bits per heavy atom. The van der Waals surface area contributed by atoms with Crippen molar-refractivity contribution in [2.24, 2.45) is 0 Å². The third kappa shape index (κ3) is 3.14. The second-order valence-corrected chi connectivity index (χ2v) is 11.7. The van der Waals surface area contributed by atoms with Crippen LogP contribution < -0.4 is 4.90 Å². The first-order valence-corrected chi connectivity index (χ1v) is 15.2. The molecule has 0 spiro atoms. The van der Waals surface area contributed by atoms with Crippen LogP contribution in [0.15, 0.2) is 158 Å². The lowest BCUT2D eigenvalue weighted by Gasteiger charge is -2.25. The number of para-hydroxylation sites is 2. The van der Waals surface area contributed by atoms with Gasteiger partial charge in [0, 0.05) is 38.9 Å². The minimum Gasteiger partial charge on any atom is -0.311 e. The molecule has 0 atom stereocenters. The smallest absolute Gasteiger partial charge is 0.0548 e. The maximum atomic E-state index is 2.46. The minimum atomic E-state index is 1.13. The Hall–Kier alpha value is -5.86. The zero-order valence-corrected chi connectivity index (χ0v) is 23.9. The lowest BCUT2D eigenvalue weighted by Crippen LogP contribution is -2.09. The number of anilines is 3. The minimum absolute atomic E-state index is 1.13. The lowest BCUT2D eigenvalue weighted by molar-refractivity contribution is 1.17. The Morgan fingerprint density at radius 1 is 0.318 bits per heavy atom. The van der Waals surface area contributed by atoms with Crippen LogP contribution >= 0.6 is 0 Å². The number of aromatic nitrogens is 1. The first-order valence-electron chi connectivity index (χ1n) is 15.2. The first kappa shape index (κ1) is 23.7. The monoisotopic (exact) mass is 558 g/mol. The van der Waals surface area contributed by atoms with Crippen LogP contribution in [0.3, 0.4) is 0 Å². The SMILES string of the molecule is c1ccc(N(c2ccccc2)c2ccc(-n3c4cccc5c4c4c6c(ccc7ccc8cccc-5c8c76)ccc43)cc2)cc1. The zero-order chi connectivity index (χ0) is 28.8. The van der Waals surface area contributed by atoms with Gasteiger partial charge in [0.2, 0.25) is 0 Å². The summed E-state index contributed by atoms with van der Waals surface area (Å²) >= 11 is 0. The van der Waals surface area contributed by atoms with Crippen molar-refractivity contribution in [3.05, 3.63) is 158 Å². The van der Waals surface area contributed by atoms with Gasteiger partial charge in [-0.1, -0.05) is 97.1 Å². The summed E-state index contributed by atoms with van der Waals surface area (Å²) in [5, 5.41) is 10.7. The van der Waals surface area contributed by atoms with Crippen molar-refractivity contribution in [2.75, 3.05) is 4.90 Å². The third-order valence-corrected chi connectivity index (χ3v) is 9.45. The Bertz CT molecular complexity index is 2530. The van der Waals surface area contributed by atoms with Gasteiger partial charge in [0.05, 0.1) is 11.0 Å². The van der Waals surface area contributed by atoms with E-state index in [1.165, 1.54) is 65.3 Å². The second-order valence-electron chi connectivity index (χ2n) is 11.7. The van der Waals surface area contributed by atoms with E-state index in [1.807, 2.05) is 0 Å². The van der Waals surface area contributed by atoms with E-state index < -0.39 is 0 Å². The molecular formula is C42H26N2. The molecule has 0 N–H and O–H groups in total. The fourth-order valence-corrected chi connectivity index (χ4v) is 7.64. The molecule has 8 aromatic carbocycles. The van der Waals surface area contributed by atoms with Crippen LogP contribution in [0.1, 0.15) is 0 Å². The van der Waals surface area contributed by atoms with Gasteiger partial charge in [-0.3, -0.25) is 0 Å². The van der Waals surface area contributed by atoms with Crippen molar-refractivity contribution in [3.63, 3.8) is 0 Å². The molecule has 0 aliphatic heterocycles. The Morgan fingerprint density at radius 2 is 0.818 bits per heavy atom. The summed E-state index contributed by atoms with van der Waals surface area (Å²) in [6.07, 6.45) is 0. The van der Waals surface area contributed by atoms with Gasteiger partial charge < -0.3 is 9.47 Å². The molecule has 0 unspecified atom stereocenters. The van der Waals surface area contributed by atoms with Gasteiger partial charge in [0.1, 0.15) is 0 Å². The van der Waals surface area contributed by atoms with E-state index in [1.54, 1.807) is 0 Å². The molecule has 0 amide bonds. The van der Waals surface area contributed by atoms with E-state index in [4.69, 9.17) is 0 Å². The summed E-state index contributed by atoms with van der Waals surface area (Å²) < 4.78 is 2.46. The number of hydrogen-bond donors (Lipinski definition) is 0. The molecule has 1 heterocycles. The van der Waals surface area contributed by atoms with E-state index in [0.717, 1.165) is 22.7 Å². The number of nitrogens with zero attached hydrogens (tertiary/aromatic N) is 2. The lowest BCUT2D eigenvalue weighted by atomic mass is 9.93. The fourth-order valence-electron chi connectivity index (χ4n) is 7.64. The van der Waals surface area contributed by atoms with Gasteiger partial charge in [0.25, 0.3) is 0 Å². The van der Waals surface area contributed by atoms with Gasteiger partial charge in [0.15, 0.2) is 0 Å². The molecular weight excluding hydrogens is 532 g/mol. The molecule has 9 aromatic rings. The van der Waals surface area contributed by atoms with E-state index in [9.17, 15) is 0 Å². The summed E-state index contributed by atoms with van der Waals surface area (Å²) in [5.41, 5.74) is 9.67. The highest BCUT2D eigenvalue weighted by molar-refractivity contribution is 6.38. The Balaban J connectivity index is 1.26. The maximum Gasteiger partial charge on any atom is 0.0548 e. The Kier molecular flexibility index (Phi) is 4.75. The van der Waals surface area contributed by atoms with Crippen molar-refractivity contribution in [1.29, 1.82) is 0 Å². The van der Waals surface area contributed by atoms with E-state index in [-0.39, 0.29) is 0 Å². The van der Waals surface area contributed by atoms with Crippen molar-refractivity contribution >= 4 is 71.2 Å². The summed E-state index contributed by atoms with van der Waals surface area (Å²) in [4.78, 5) is 2.31. The summed E-state index contributed by atoms with van der Waals surface area (Å²) in [5.74, 6) is 0. The normalized spacial score (nSPS) is 12.1. The second kappa shape index (κ2) is 8.82. The molecule has 1 aliphatic rings. The van der Waals surface area contributed by atoms with Gasteiger partial charge in [-0.2, -0.15) is 0 Å². The molecule has 1 aliphatic carbocycles. The van der Waals surface area contributed by atoms with Crippen LogP contribution in [0.2, 0.25) is 0 Å². The first-order chi connectivity index (χ1) is 21.8. The Labute approximate surface area is 254 Å². The van der Waals surface area contributed by atoms with Crippen molar-refractivity contribution < 1.29 is 0 Å². The van der Waals surface area contributed by atoms with Crippen molar-refractivity contribution in [2.45, 2.75) is 0 Å². The third-order valence-electron chi connectivity index (χ3n) is 9.45. The van der Waals surface area contributed by atoms with Crippen LogP contribution in [0.25, 0.3) is 70.9 Å². The molecule has 2 nitrogen and oxygen atoms in total. The van der Waals surface area contributed by atoms with Gasteiger partial charge in [-0.15, -0.1) is 0 Å². The number of hydrogen-bond acceptors (Lipinski definition) is 1. The molecule has 0 fully saturated rings. The average molecular weight is 559 g/mol. The molecule has 0 saturated carbocycles. The quantitative estimate of drug-likeness (QED) is 0.195. The fraction of sp³-hybridized carbons (Fsp3) is 0. The highest BCUT2D eigenvalue weighted by Crippen LogP contribution is 2.49. The molecule has 0 bridgehead atoms. The van der Waals surface area contributed by atoms with E-state index in [2.05, 4.69) is 167 Å². The molecule has 10 rings (SSSR count). The highest BCUT2D eigenvalue weighted by Gasteiger charge is 2.24. The molecule has 1 aromatic heterocycles. The predicted molar refractivity (Wildman–Crippen MR) is 187 cm³/mol. The van der Waals surface area contributed by atoms with Crippen LogP contribution in [0.5, 0.6) is 0 Å². The number of rotatable bonds is 4. The van der Waals surface area contributed by atoms with Crippen molar-refractivity contribution in [1.82, 2.24) is 4.57 Å². The van der Waals surface area contributed by atoms with E-state index >= 15 is 0 Å². The van der Waals surface area contributed by atoms with Gasteiger partial charge >= 0.3 is 0 Å². The van der Waals surface area contributed by atoms with Crippen LogP contribution in [0.4, 0.5) is 17.1 Å². The summed E-state index contributed by atoms with van der Waals surface area (Å²) in [6, 6.07) is 57.6. The van der Waals surface area contributed by atoms with Crippen LogP contribution in [-0.2, 0) is 0 Å². The summed E-state index contributed by atoms with van der Waals surface area (Å²) in [7, 11) is 0. The largest absolute Gasteiger partial charge is 0.311 e. The van der Waals surface area contributed by atoms with E-state index in [0.29, 0.717) is 0 Å². The van der Waals surface area contributed by atoms with Crippen molar-refractivity contribution in [3.8, 4) is 16.8 Å². The molecule has 0 saturated heterocycles. The predicted octanol–water partition coefficient (Wildman–Crippen LogP) is 11.7. The zero-order valence-electron chi connectivity index (χ0n) is 23.9. The standard InChI is InChI=1S/C42H26N2/c1-3-10-30(11-4-1)43(31-12-5-2-6-13-31)32-22-24-33(25-23-32)44-36-16-8-15-35-34-14-7-9-27-17-18-28-19-20-29-21-26-37(44)42(41(35)36)40(29)39(28)38(27)34/h1-26H. The topological polar surface area (TPSA) is 8.17 Å². The number of benzene rings is 8. The maximum absolute atomic E-state index is 2.46. The average Bonchev–Trinajstić information content (AvgIpc) is 3.36. The molecule has 44 heavy (non-hydrogen) atoms. The van der Waals surface area contributed by atoms with Crippen LogP contribution in [-0.4, -0.2) is 4.57 Å². The van der Waals surface area contributed by atoms with Gasteiger partial charge in [-0.25, -0.2) is 0 Å². The highest BCUT2D eigenvalue weighted by atomic mass is 15.1. The molecule has 204 valence electrons. The van der Waals surface area contributed by atoms with Gasteiger partial charge in [-0.05, 0) is 98.7 Å². The summed E-state index contributed by atoms with van der Waals surface area (Å²) in [6.45, 7) is 0. The van der Waals surface area contributed by atoms with Crippen LogP contribution in [0, 0.1) is 0 Å². The molecule has 2 heteroatoms.